The Balaban J connectivity index is 1.17. The molecule has 4 bridgehead atoms. The minimum atomic E-state index is -0.449. The molecule has 6 nitrogen and oxygen atoms in total. The van der Waals surface area contributed by atoms with E-state index in [0.29, 0.717) is 30.8 Å². The fourth-order valence-corrected chi connectivity index (χ4v) is 6.34. The molecule has 0 saturated heterocycles. The molecule has 0 atom stereocenters. The van der Waals surface area contributed by atoms with Crippen molar-refractivity contribution >= 4 is 17.8 Å². The fourth-order valence-electron chi connectivity index (χ4n) is 6.34. The van der Waals surface area contributed by atoms with Crippen molar-refractivity contribution in [2.24, 2.45) is 23.2 Å². The molecule has 1 N–H and O–H groups in total. The summed E-state index contributed by atoms with van der Waals surface area (Å²) >= 11 is 0. The van der Waals surface area contributed by atoms with Gasteiger partial charge in [-0.25, -0.2) is 0 Å². The highest BCUT2D eigenvalue weighted by molar-refractivity contribution is 5.84. The number of esters is 1. The summed E-state index contributed by atoms with van der Waals surface area (Å²) in [6.45, 7) is 2.96. The summed E-state index contributed by atoms with van der Waals surface area (Å²) in [6.07, 6.45) is 7.02. The number of benzene rings is 1. The highest BCUT2D eigenvalue weighted by atomic mass is 16.5. The maximum absolute atomic E-state index is 12.9. The lowest BCUT2D eigenvalue weighted by Gasteiger charge is -2.55. The van der Waals surface area contributed by atoms with Gasteiger partial charge < -0.3 is 15.0 Å². The van der Waals surface area contributed by atoms with Crippen LogP contribution in [-0.2, 0) is 25.7 Å². The lowest BCUT2D eigenvalue weighted by Crippen LogP contribution is -2.53. The van der Waals surface area contributed by atoms with E-state index in [9.17, 15) is 14.4 Å². The lowest BCUT2D eigenvalue weighted by atomic mass is 9.49. The maximum Gasteiger partial charge on any atom is 0.308 e. The van der Waals surface area contributed by atoms with Crippen LogP contribution in [0, 0.1) is 23.2 Å². The Morgan fingerprint density at radius 3 is 2.23 bits per heavy atom. The number of hydrogen-bond acceptors (Lipinski definition) is 4. The summed E-state index contributed by atoms with van der Waals surface area (Å²) in [7, 11) is 0. The van der Waals surface area contributed by atoms with Gasteiger partial charge >= 0.3 is 5.97 Å². The summed E-state index contributed by atoms with van der Waals surface area (Å²) in [5.41, 5.74) is 0.838. The zero-order valence-electron chi connectivity index (χ0n) is 18.5. The van der Waals surface area contributed by atoms with E-state index in [1.165, 1.54) is 19.3 Å². The highest BCUT2D eigenvalue weighted by Gasteiger charge is 2.54. The van der Waals surface area contributed by atoms with E-state index in [1.54, 1.807) is 4.90 Å². The van der Waals surface area contributed by atoms with Crippen LogP contribution in [0.2, 0.25) is 0 Å². The number of rotatable bonds is 9. The average molecular weight is 427 g/mol. The average Bonchev–Trinajstić information content (AvgIpc) is 2.75. The van der Waals surface area contributed by atoms with E-state index in [4.69, 9.17) is 4.74 Å². The largest absolute Gasteiger partial charge is 0.456 e. The predicted octanol–water partition coefficient (Wildman–Crippen LogP) is 3.30. The Morgan fingerprint density at radius 2 is 1.65 bits per heavy atom. The first kappa shape index (κ1) is 21.8. The van der Waals surface area contributed by atoms with E-state index in [1.807, 2.05) is 37.3 Å². The Bertz CT molecular complexity index is 772. The first-order chi connectivity index (χ1) is 15.0. The SMILES string of the molecule is CCN(Cc1ccccc1)C(=O)COC(=O)CCNC(=O)C12CC3CC(CC(C3)C1)C2. The Morgan fingerprint density at radius 1 is 1.03 bits per heavy atom. The summed E-state index contributed by atoms with van der Waals surface area (Å²) in [6, 6.07) is 9.74. The van der Waals surface area contributed by atoms with Crippen molar-refractivity contribution in [1.82, 2.24) is 10.2 Å². The van der Waals surface area contributed by atoms with Gasteiger partial charge in [0.25, 0.3) is 5.91 Å². The smallest absolute Gasteiger partial charge is 0.308 e. The molecule has 0 aromatic heterocycles. The second-order valence-corrected chi connectivity index (χ2v) is 9.76. The monoisotopic (exact) mass is 426 g/mol. The van der Waals surface area contributed by atoms with Gasteiger partial charge in [-0.2, -0.15) is 0 Å². The summed E-state index contributed by atoms with van der Waals surface area (Å²) < 4.78 is 5.17. The molecule has 168 valence electrons. The molecule has 4 aliphatic rings. The summed E-state index contributed by atoms with van der Waals surface area (Å²) in [5.74, 6) is 1.60. The molecule has 31 heavy (non-hydrogen) atoms. The molecule has 4 aliphatic carbocycles. The number of nitrogens with zero attached hydrogens (tertiary/aromatic N) is 1. The number of carbonyl (C=O) groups excluding carboxylic acids is 3. The third kappa shape index (κ3) is 5.10. The molecule has 1 aromatic carbocycles. The summed E-state index contributed by atoms with van der Waals surface area (Å²) in [4.78, 5) is 39.1. The van der Waals surface area contributed by atoms with Crippen LogP contribution in [0.15, 0.2) is 30.3 Å². The van der Waals surface area contributed by atoms with Crippen molar-refractivity contribution in [1.29, 1.82) is 0 Å². The molecular weight excluding hydrogens is 392 g/mol. The molecule has 1 aromatic rings. The summed E-state index contributed by atoms with van der Waals surface area (Å²) in [5, 5.41) is 2.99. The first-order valence-electron chi connectivity index (χ1n) is 11.7. The number of nitrogens with one attached hydrogen (secondary N) is 1. The van der Waals surface area contributed by atoms with E-state index >= 15 is 0 Å². The van der Waals surface area contributed by atoms with Crippen LogP contribution in [0.3, 0.4) is 0 Å². The number of amides is 2. The second kappa shape index (κ2) is 9.41. The standard InChI is InChI=1S/C25H34N2O4/c1-2-27(16-18-6-4-3-5-7-18)22(28)17-31-23(29)8-9-26-24(30)25-13-19-10-20(14-25)12-21(11-19)15-25/h3-7,19-21H,2,8-17H2,1H3,(H,26,30). The third-order valence-electron chi connectivity index (χ3n) is 7.44. The number of hydrogen-bond donors (Lipinski definition) is 1. The zero-order chi connectivity index (χ0) is 21.8. The van der Waals surface area contributed by atoms with Gasteiger partial charge in [0.15, 0.2) is 6.61 Å². The van der Waals surface area contributed by atoms with Gasteiger partial charge in [0.1, 0.15) is 0 Å². The molecule has 4 saturated carbocycles. The van der Waals surface area contributed by atoms with Crippen molar-refractivity contribution in [2.75, 3.05) is 19.7 Å². The van der Waals surface area contributed by atoms with Crippen LogP contribution in [0.4, 0.5) is 0 Å². The molecule has 0 aliphatic heterocycles. The quantitative estimate of drug-likeness (QED) is 0.615. The minimum absolute atomic E-state index is 0.0934. The van der Waals surface area contributed by atoms with Crippen LogP contribution in [0.5, 0.6) is 0 Å². The molecule has 0 radical (unpaired) electrons. The van der Waals surface area contributed by atoms with Gasteiger partial charge in [0.2, 0.25) is 5.91 Å². The van der Waals surface area contributed by atoms with E-state index < -0.39 is 5.97 Å². The van der Waals surface area contributed by atoms with Crippen molar-refractivity contribution in [3.8, 4) is 0 Å². The molecule has 0 spiro atoms. The van der Waals surface area contributed by atoms with Crippen LogP contribution >= 0.6 is 0 Å². The molecular formula is C25H34N2O4. The van der Waals surface area contributed by atoms with Crippen molar-refractivity contribution < 1.29 is 19.1 Å². The Kier molecular flexibility index (Phi) is 6.63. The van der Waals surface area contributed by atoms with Crippen LogP contribution < -0.4 is 5.32 Å². The normalized spacial score (nSPS) is 28.2. The minimum Gasteiger partial charge on any atom is -0.456 e. The van der Waals surface area contributed by atoms with Gasteiger partial charge in [-0.1, -0.05) is 30.3 Å². The van der Waals surface area contributed by atoms with Crippen molar-refractivity contribution in [3.05, 3.63) is 35.9 Å². The number of ether oxygens (including phenoxy) is 1. The van der Waals surface area contributed by atoms with Gasteiger partial charge in [-0.3, -0.25) is 14.4 Å². The molecule has 5 rings (SSSR count). The van der Waals surface area contributed by atoms with Crippen LogP contribution in [-0.4, -0.2) is 42.4 Å². The molecule has 4 fully saturated rings. The fraction of sp³-hybridized carbons (Fsp3) is 0.640. The maximum atomic E-state index is 12.9. The van der Waals surface area contributed by atoms with Crippen molar-refractivity contribution in [2.45, 2.75) is 58.4 Å². The number of likely N-dealkylation sites (N-methyl/N-ethyl adjacent to an activating group) is 1. The highest BCUT2D eigenvalue weighted by Crippen LogP contribution is 2.60. The third-order valence-corrected chi connectivity index (χ3v) is 7.44. The van der Waals surface area contributed by atoms with Gasteiger partial charge in [-0.05, 0) is 68.8 Å². The van der Waals surface area contributed by atoms with E-state index in [-0.39, 0.29) is 36.8 Å². The van der Waals surface area contributed by atoms with Gasteiger partial charge in [0.05, 0.1) is 6.42 Å². The zero-order valence-corrected chi connectivity index (χ0v) is 18.5. The van der Waals surface area contributed by atoms with Crippen LogP contribution in [0.1, 0.15) is 57.4 Å². The first-order valence-corrected chi connectivity index (χ1v) is 11.7. The van der Waals surface area contributed by atoms with Crippen molar-refractivity contribution in [3.63, 3.8) is 0 Å². The Labute approximate surface area is 184 Å². The van der Waals surface area contributed by atoms with E-state index in [2.05, 4.69) is 5.32 Å². The second-order valence-electron chi connectivity index (χ2n) is 9.76. The molecule has 0 unspecified atom stereocenters. The molecule has 6 heteroatoms. The number of carbonyl (C=O) groups is 3. The van der Waals surface area contributed by atoms with Gasteiger partial charge in [-0.15, -0.1) is 0 Å². The predicted molar refractivity (Wildman–Crippen MR) is 117 cm³/mol. The Hall–Kier alpha value is -2.37. The molecule has 2 amide bonds. The van der Waals surface area contributed by atoms with Gasteiger partial charge in [0, 0.05) is 25.0 Å². The molecule has 0 heterocycles. The lowest BCUT2D eigenvalue weighted by molar-refractivity contribution is -0.152. The topological polar surface area (TPSA) is 75.7 Å². The van der Waals surface area contributed by atoms with E-state index in [0.717, 1.165) is 24.8 Å². The van der Waals surface area contributed by atoms with Crippen LogP contribution in [0.25, 0.3) is 0 Å².